The highest BCUT2D eigenvalue weighted by molar-refractivity contribution is 8.01. The van der Waals surface area contributed by atoms with Crippen LogP contribution in [0.1, 0.15) is 10.4 Å². The molecule has 0 saturated heterocycles. The van der Waals surface area contributed by atoms with Crippen LogP contribution in [0.5, 0.6) is 5.75 Å². The van der Waals surface area contributed by atoms with Crippen molar-refractivity contribution < 1.29 is 27.5 Å². The molecule has 12 heteroatoms. The highest BCUT2D eigenvalue weighted by atomic mass is 32.2. The Morgan fingerprint density at radius 3 is 2.42 bits per heavy atom. The Labute approximate surface area is 183 Å². The van der Waals surface area contributed by atoms with E-state index in [1.807, 2.05) is 0 Å². The van der Waals surface area contributed by atoms with Gasteiger partial charge in [0.05, 0.1) is 12.3 Å². The molecule has 0 bridgehead atoms. The lowest BCUT2D eigenvalue weighted by Crippen LogP contribution is -2.30. The van der Waals surface area contributed by atoms with Crippen molar-refractivity contribution >= 4 is 45.6 Å². The summed E-state index contributed by atoms with van der Waals surface area (Å²) in [5.74, 6) is -0.782. The summed E-state index contributed by atoms with van der Waals surface area (Å²) < 4.78 is 40.9. The number of halogens is 3. The fraction of sp³-hybridized carbons (Fsp3) is 0.158. The highest BCUT2D eigenvalue weighted by Gasteiger charge is 2.30. The van der Waals surface area contributed by atoms with Gasteiger partial charge in [-0.25, -0.2) is 0 Å². The van der Waals surface area contributed by atoms with E-state index in [2.05, 4.69) is 25.6 Å². The number of amides is 1. The maximum atomic E-state index is 12.2. The summed E-state index contributed by atoms with van der Waals surface area (Å²) in [7, 11) is 0. The first-order chi connectivity index (χ1) is 14.8. The maximum absolute atomic E-state index is 12.2. The number of carbonyl (C=O) groups is 2. The molecule has 0 unspecified atom stereocenters. The van der Waals surface area contributed by atoms with Crippen LogP contribution in [0.25, 0.3) is 0 Å². The SMILES string of the molecule is O=C(CSc1nnc(Nc2ccc(OC(F)(F)F)cc2)s1)NCC(=O)c1ccccc1. The van der Waals surface area contributed by atoms with E-state index in [-0.39, 0.29) is 29.7 Å². The minimum atomic E-state index is -4.75. The largest absolute Gasteiger partial charge is 0.573 e. The monoisotopic (exact) mass is 468 g/mol. The number of nitrogens with zero attached hydrogens (tertiary/aromatic N) is 2. The smallest absolute Gasteiger partial charge is 0.406 e. The van der Waals surface area contributed by atoms with Gasteiger partial charge in [0, 0.05) is 11.3 Å². The van der Waals surface area contributed by atoms with E-state index < -0.39 is 6.36 Å². The second-order valence-electron chi connectivity index (χ2n) is 5.92. The second kappa shape index (κ2) is 10.3. The summed E-state index contributed by atoms with van der Waals surface area (Å²) in [5, 5.41) is 13.7. The van der Waals surface area contributed by atoms with Crippen molar-refractivity contribution in [3.63, 3.8) is 0 Å². The number of carbonyl (C=O) groups excluding carboxylic acids is 2. The Hall–Kier alpha value is -3.12. The molecule has 1 aromatic heterocycles. The number of nitrogens with one attached hydrogen (secondary N) is 2. The van der Waals surface area contributed by atoms with Gasteiger partial charge < -0.3 is 15.4 Å². The lowest BCUT2D eigenvalue weighted by atomic mass is 10.1. The van der Waals surface area contributed by atoms with Crippen LogP contribution in [-0.2, 0) is 4.79 Å². The Bertz CT molecular complexity index is 1030. The minimum Gasteiger partial charge on any atom is -0.406 e. The fourth-order valence-electron chi connectivity index (χ4n) is 2.27. The molecule has 0 spiro atoms. The number of benzene rings is 2. The van der Waals surface area contributed by atoms with E-state index in [1.54, 1.807) is 30.3 Å². The van der Waals surface area contributed by atoms with Gasteiger partial charge in [-0.15, -0.1) is 23.4 Å². The summed E-state index contributed by atoms with van der Waals surface area (Å²) in [4.78, 5) is 23.9. The van der Waals surface area contributed by atoms with Crippen molar-refractivity contribution in [2.45, 2.75) is 10.7 Å². The highest BCUT2D eigenvalue weighted by Crippen LogP contribution is 2.29. The lowest BCUT2D eigenvalue weighted by Gasteiger charge is -2.09. The van der Waals surface area contributed by atoms with E-state index in [4.69, 9.17) is 0 Å². The molecular formula is C19H15F3N4O3S2. The predicted octanol–water partition coefficient (Wildman–Crippen LogP) is 4.27. The summed E-state index contributed by atoms with van der Waals surface area (Å²) in [6, 6.07) is 13.8. The molecule has 2 aromatic carbocycles. The molecule has 0 saturated carbocycles. The Morgan fingerprint density at radius 1 is 1.03 bits per heavy atom. The Kier molecular flexibility index (Phi) is 7.47. The average molecular weight is 468 g/mol. The molecule has 0 aliphatic heterocycles. The molecule has 0 atom stereocenters. The Balaban J connectivity index is 1.43. The number of alkyl halides is 3. The molecule has 1 amide bonds. The number of hydrogen-bond acceptors (Lipinski definition) is 8. The van der Waals surface area contributed by atoms with Gasteiger partial charge >= 0.3 is 6.36 Å². The molecule has 0 aliphatic rings. The van der Waals surface area contributed by atoms with Crippen molar-refractivity contribution in [2.75, 3.05) is 17.6 Å². The number of ether oxygens (including phenoxy) is 1. The Morgan fingerprint density at radius 2 is 1.74 bits per heavy atom. The van der Waals surface area contributed by atoms with Gasteiger partial charge in [0.25, 0.3) is 0 Å². The molecule has 3 aromatic rings. The summed E-state index contributed by atoms with van der Waals surface area (Å²) in [6.45, 7) is -0.0968. The molecule has 162 valence electrons. The van der Waals surface area contributed by atoms with Crippen LogP contribution >= 0.6 is 23.1 Å². The van der Waals surface area contributed by atoms with Gasteiger partial charge in [-0.3, -0.25) is 9.59 Å². The molecule has 0 fully saturated rings. The molecular weight excluding hydrogens is 453 g/mol. The van der Waals surface area contributed by atoms with Gasteiger partial charge in [-0.1, -0.05) is 53.4 Å². The third-order valence-corrected chi connectivity index (χ3v) is 5.59. The zero-order valence-corrected chi connectivity index (χ0v) is 17.3. The van der Waals surface area contributed by atoms with Crippen molar-refractivity contribution in [3.8, 4) is 5.75 Å². The van der Waals surface area contributed by atoms with E-state index in [0.717, 1.165) is 11.8 Å². The second-order valence-corrected chi connectivity index (χ2v) is 8.12. The number of thioether (sulfide) groups is 1. The molecule has 3 rings (SSSR count). The average Bonchev–Trinajstić information content (AvgIpc) is 3.19. The minimum absolute atomic E-state index is 0.0557. The topological polar surface area (TPSA) is 93.2 Å². The number of ketones is 1. The first-order valence-electron chi connectivity index (χ1n) is 8.72. The van der Waals surface area contributed by atoms with Gasteiger partial charge in [0.15, 0.2) is 10.1 Å². The van der Waals surface area contributed by atoms with Gasteiger partial charge in [0.1, 0.15) is 5.75 Å². The third kappa shape index (κ3) is 7.57. The van der Waals surface area contributed by atoms with Crippen LogP contribution < -0.4 is 15.4 Å². The number of rotatable bonds is 9. The zero-order chi connectivity index (χ0) is 22.3. The summed E-state index contributed by atoms with van der Waals surface area (Å²) in [6.07, 6.45) is -4.75. The van der Waals surface area contributed by atoms with Crippen molar-refractivity contribution in [3.05, 3.63) is 60.2 Å². The van der Waals surface area contributed by atoms with E-state index in [9.17, 15) is 22.8 Å². The van der Waals surface area contributed by atoms with Crippen LogP contribution in [0.3, 0.4) is 0 Å². The van der Waals surface area contributed by atoms with Crippen LogP contribution in [0.4, 0.5) is 24.0 Å². The molecule has 0 aliphatic carbocycles. The maximum Gasteiger partial charge on any atom is 0.573 e. The molecule has 0 radical (unpaired) electrons. The van der Waals surface area contributed by atoms with Crippen molar-refractivity contribution in [1.82, 2.24) is 15.5 Å². The fourth-order valence-corrected chi connectivity index (χ4v) is 3.87. The number of anilines is 2. The van der Waals surface area contributed by atoms with Gasteiger partial charge in [-0.05, 0) is 24.3 Å². The predicted molar refractivity (Wildman–Crippen MR) is 111 cm³/mol. The van der Waals surface area contributed by atoms with Gasteiger partial charge in [0.2, 0.25) is 11.0 Å². The van der Waals surface area contributed by atoms with E-state index >= 15 is 0 Å². The lowest BCUT2D eigenvalue weighted by molar-refractivity contribution is -0.274. The molecule has 31 heavy (non-hydrogen) atoms. The molecule has 2 N–H and O–H groups in total. The number of Topliss-reactive ketones (excluding diaryl/α,β-unsaturated/α-hetero) is 1. The van der Waals surface area contributed by atoms with E-state index in [1.165, 1.54) is 35.6 Å². The van der Waals surface area contributed by atoms with Crippen LogP contribution in [0.2, 0.25) is 0 Å². The third-order valence-electron chi connectivity index (χ3n) is 3.61. The van der Waals surface area contributed by atoms with E-state index in [0.29, 0.717) is 20.7 Å². The zero-order valence-electron chi connectivity index (χ0n) is 15.7. The normalized spacial score (nSPS) is 11.1. The van der Waals surface area contributed by atoms with Crippen LogP contribution in [0, 0.1) is 0 Å². The number of aromatic nitrogens is 2. The summed E-state index contributed by atoms with van der Waals surface area (Å²) in [5.41, 5.74) is 1.02. The van der Waals surface area contributed by atoms with Crippen LogP contribution in [-0.4, -0.2) is 40.5 Å². The standard InChI is InChI=1S/C19H15F3N4O3S2/c20-19(21,22)29-14-8-6-13(7-9-14)24-17-25-26-18(31-17)30-11-16(28)23-10-15(27)12-4-2-1-3-5-12/h1-9H,10-11H2,(H,23,28)(H,24,25). The molecule has 1 heterocycles. The molecule has 7 nitrogen and oxygen atoms in total. The number of hydrogen-bond donors (Lipinski definition) is 2. The quantitative estimate of drug-likeness (QED) is 0.358. The van der Waals surface area contributed by atoms with Crippen molar-refractivity contribution in [1.29, 1.82) is 0 Å². The first kappa shape index (κ1) is 22.6. The van der Waals surface area contributed by atoms with Crippen molar-refractivity contribution in [2.24, 2.45) is 0 Å². The first-order valence-corrected chi connectivity index (χ1v) is 10.5. The summed E-state index contributed by atoms with van der Waals surface area (Å²) >= 11 is 2.33. The van der Waals surface area contributed by atoms with Gasteiger partial charge in [-0.2, -0.15) is 0 Å². The van der Waals surface area contributed by atoms with Crippen LogP contribution in [0.15, 0.2) is 58.9 Å².